The number of carboxylic acids is 1. The molecule has 0 saturated carbocycles. The Hall–Kier alpha value is -1.46. The standard InChI is InChI=1S/C12H11ClN2O2S/c1-6-2-3-7(13)4-8(6)9-5-10(11(16)17)15-12(18)14-9/h2-4,10H,5H2,1H3,(H,15,18)(H,16,17). The zero-order valence-corrected chi connectivity index (χ0v) is 11.2. The molecule has 1 heterocycles. The SMILES string of the molecule is Cc1ccc(Cl)cc1C1=NC(=S)NC(C(=O)O)C1. The minimum absolute atomic E-state index is 0.197. The Bertz CT molecular complexity index is 557. The van der Waals surface area contributed by atoms with E-state index in [2.05, 4.69) is 10.3 Å². The Morgan fingerprint density at radius 2 is 2.33 bits per heavy atom. The minimum atomic E-state index is -0.940. The maximum Gasteiger partial charge on any atom is 0.326 e. The number of aryl methyl sites for hydroxylation is 1. The van der Waals surface area contributed by atoms with Crippen LogP contribution >= 0.6 is 23.8 Å². The van der Waals surface area contributed by atoms with Crippen LogP contribution in [0.5, 0.6) is 0 Å². The molecule has 0 radical (unpaired) electrons. The molecule has 0 amide bonds. The van der Waals surface area contributed by atoms with E-state index < -0.39 is 12.0 Å². The number of hydrogen-bond acceptors (Lipinski definition) is 2. The third-order valence-corrected chi connectivity index (χ3v) is 3.18. The van der Waals surface area contributed by atoms with Crippen molar-refractivity contribution in [1.82, 2.24) is 5.32 Å². The van der Waals surface area contributed by atoms with Crippen molar-refractivity contribution in [2.45, 2.75) is 19.4 Å². The third-order valence-electron chi connectivity index (χ3n) is 2.74. The molecule has 1 unspecified atom stereocenters. The highest BCUT2D eigenvalue weighted by Crippen LogP contribution is 2.20. The summed E-state index contributed by atoms with van der Waals surface area (Å²) in [7, 11) is 0. The van der Waals surface area contributed by atoms with Crippen LogP contribution in [0, 0.1) is 6.92 Å². The molecule has 94 valence electrons. The first-order valence-corrected chi connectivity index (χ1v) is 6.13. The van der Waals surface area contributed by atoms with Crippen LogP contribution in [0.3, 0.4) is 0 Å². The lowest BCUT2D eigenvalue weighted by Gasteiger charge is -2.22. The molecule has 1 aromatic carbocycles. The van der Waals surface area contributed by atoms with Crippen LogP contribution < -0.4 is 5.32 Å². The zero-order chi connectivity index (χ0) is 13.3. The second-order valence-electron chi connectivity index (χ2n) is 4.06. The van der Waals surface area contributed by atoms with Gasteiger partial charge in [-0.1, -0.05) is 17.7 Å². The normalized spacial score (nSPS) is 19.1. The molecular weight excluding hydrogens is 272 g/mol. The summed E-state index contributed by atoms with van der Waals surface area (Å²) in [6, 6.07) is 4.71. The summed E-state index contributed by atoms with van der Waals surface area (Å²) in [5, 5.41) is 12.5. The van der Waals surface area contributed by atoms with E-state index in [-0.39, 0.29) is 11.5 Å². The quantitative estimate of drug-likeness (QED) is 0.816. The van der Waals surface area contributed by atoms with Gasteiger partial charge < -0.3 is 10.4 Å². The number of benzene rings is 1. The van der Waals surface area contributed by atoms with Crippen molar-refractivity contribution in [3.05, 3.63) is 34.3 Å². The second-order valence-corrected chi connectivity index (χ2v) is 4.89. The maximum absolute atomic E-state index is 11.0. The lowest BCUT2D eigenvalue weighted by molar-refractivity contribution is -0.138. The molecule has 1 aromatic rings. The third kappa shape index (κ3) is 2.68. The average Bonchev–Trinajstić information content (AvgIpc) is 2.31. The van der Waals surface area contributed by atoms with Crippen LogP contribution in [0.4, 0.5) is 0 Å². The van der Waals surface area contributed by atoms with Gasteiger partial charge in [0.25, 0.3) is 0 Å². The first kappa shape index (κ1) is 13.0. The van der Waals surface area contributed by atoms with E-state index in [0.29, 0.717) is 10.7 Å². The summed E-state index contributed by atoms with van der Waals surface area (Å²) in [6.07, 6.45) is 0.288. The molecule has 4 nitrogen and oxygen atoms in total. The molecule has 0 aliphatic carbocycles. The Labute approximate surface area is 115 Å². The number of hydrogen-bond donors (Lipinski definition) is 2. The van der Waals surface area contributed by atoms with Gasteiger partial charge in [-0.25, -0.2) is 9.79 Å². The van der Waals surface area contributed by atoms with Crippen molar-refractivity contribution >= 4 is 40.6 Å². The number of nitrogens with zero attached hydrogens (tertiary/aromatic N) is 1. The number of thiocarbonyl (C=S) groups is 1. The topological polar surface area (TPSA) is 61.7 Å². The van der Waals surface area contributed by atoms with Crippen LogP contribution in [0.1, 0.15) is 17.5 Å². The summed E-state index contributed by atoms with van der Waals surface area (Å²) in [5.41, 5.74) is 2.50. The number of aliphatic imine (C=N–C) groups is 1. The van der Waals surface area contributed by atoms with Gasteiger partial charge in [0.1, 0.15) is 6.04 Å². The molecule has 1 aliphatic heterocycles. The van der Waals surface area contributed by atoms with E-state index >= 15 is 0 Å². The van der Waals surface area contributed by atoms with Crippen LogP contribution in [-0.2, 0) is 4.79 Å². The number of aliphatic carboxylic acids is 1. The van der Waals surface area contributed by atoms with Gasteiger partial charge in [-0.15, -0.1) is 0 Å². The molecule has 0 bridgehead atoms. The predicted molar refractivity (Wildman–Crippen MR) is 74.5 cm³/mol. The van der Waals surface area contributed by atoms with Gasteiger partial charge in [-0.05, 0) is 36.8 Å². The Balaban J connectivity index is 2.40. The summed E-state index contributed by atoms with van der Waals surface area (Å²) < 4.78 is 0. The van der Waals surface area contributed by atoms with Crippen molar-refractivity contribution in [3.63, 3.8) is 0 Å². The lowest BCUT2D eigenvalue weighted by Crippen LogP contribution is -2.44. The van der Waals surface area contributed by atoms with Crippen LogP contribution in [0.25, 0.3) is 0 Å². The number of nitrogens with one attached hydrogen (secondary N) is 1. The number of carbonyl (C=O) groups is 1. The first-order valence-electron chi connectivity index (χ1n) is 5.35. The first-order chi connectivity index (χ1) is 8.47. The number of carboxylic acid groups (broad SMARTS) is 1. The highest BCUT2D eigenvalue weighted by atomic mass is 35.5. The van der Waals surface area contributed by atoms with Crippen molar-refractivity contribution in [2.24, 2.45) is 4.99 Å². The van der Waals surface area contributed by atoms with Crippen molar-refractivity contribution in [2.75, 3.05) is 0 Å². The number of halogens is 1. The zero-order valence-electron chi connectivity index (χ0n) is 9.61. The Morgan fingerprint density at radius 3 is 3.00 bits per heavy atom. The van der Waals surface area contributed by atoms with E-state index in [0.717, 1.165) is 11.1 Å². The summed E-state index contributed by atoms with van der Waals surface area (Å²) in [4.78, 5) is 15.2. The van der Waals surface area contributed by atoms with Crippen LogP contribution in [-0.4, -0.2) is 27.9 Å². The van der Waals surface area contributed by atoms with Gasteiger partial charge in [0, 0.05) is 17.0 Å². The molecular formula is C12H11ClN2O2S. The molecule has 1 aliphatic rings. The van der Waals surface area contributed by atoms with E-state index in [1.807, 2.05) is 13.0 Å². The van der Waals surface area contributed by atoms with E-state index in [1.165, 1.54) is 0 Å². The lowest BCUT2D eigenvalue weighted by atomic mass is 9.97. The second kappa shape index (κ2) is 5.04. The summed E-state index contributed by atoms with van der Waals surface area (Å²) in [6.45, 7) is 1.93. The Morgan fingerprint density at radius 1 is 1.61 bits per heavy atom. The largest absolute Gasteiger partial charge is 0.480 e. The molecule has 0 fully saturated rings. The maximum atomic E-state index is 11.0. The Kier molecular flexibility index (Phi) is 3.63. The van der Waals surface area contributed by atoms with Crippen LogP contribution in [0.2, 0.25) is 5.02 Å². The highest BCUT2D eigenvalue weighted by molar-refractivity contribution is 7.80. The van der Waals surface area contributed by atoms with Gasteiger partial charge >= 0.3 is 5.97 Å². The average molecular weight is 283 g/mol. The molecule has 1 atom stereocenters. The molecule has 0 saturated heterocycles. The van der Waals surface area contributed by atoms with Gasteiger partial charge in [0.2, 0.25) is 0 Å². The molecule has 0 spiro atoms. The molecule has 18 heavy (non-hydrogen) atoms. The van der Waals surface area contributed by atoms with Crippen LogP contribution in [0.15, 0.2) is 23.2 Å². The van der Waals surface area contributed by atoms with E-state index in [9.17, 15) is 4.79 Å². The van der Waals surface area contributed by atoms with Crippen molar-refractivity contribution < 1.29 is 9.90 Å². The van der Waals surface area contributed by atoms with Gasteiger partial charge in [-0.3, -0.25) is 0 Å². The number of rotatable bonds is 2. The minimum Gasteiger partial charge on any atom is -0.480 e. The molecule has 2 rings (SSSR count). The molecule has 6 heteroatoms. The predicted octanol–water partition coefficient (Wildman–Crippen LogP) is 2.17. The molecule has 2 N–H and O–H groups in total. The fraction of sp³-hybridized carbons (Fsp3) is 0.250. The summed E-state index contributed by atoms with van der Waals surface area (Å²) in [5.74, 6) is -0.940. The van der Waals surface area contributed by atoms with E-state index in [4.69, 9.17) is 28.9 Å². The van der Waals surface area contributed by atoms with Crippen molar-refractivity contribution in [3.8, 4) is 0 Å². The fourth-order valence-corrected chi connectivity index (χ4v) is 2.24. The molecule has 0 aromatic heterocycles. The van der Waals surface area contributed by atoms with Crippen molar-refractivity contribution in [1.29, 1.82) is 0 Å². The highest BCUT2D eigenvalue weighted by Gasteiger charge is 2.26. The summed E-state index contributed by atoms with van der Waals surface area (Å²) >= 11 is 10.9. The van der Waals surface area contributed by atoms with Gasteiger partial charge in [0.15, 0.2) is 5.11 Å². The van der Waals surface area contributed by atoms with E-state index in [1.54, 1.807) is 12.1 Å². The van der Waals surface area contributed by atoms with Gasteiger partial charge in [0.05, 0.1) is 5.71 Å². The monoisotopic (exact) mass is 282 g/mol. The fourth-order valence-electron chi connectivity index (χ4n) is 1.82. The smallest absolute Gasteiger partial charge is 0.326 e. The van der Waals surface area contributed by atoms with Gasteiger partial charge in [-0.2, -0.15) is 0 Å².